The van der Waals surface area contributed by atoms with Gasteiger partial charge in [-0.15, -0.1) is 13.2 Å². The normalized spacial score (nSPS) is 13.2. The molecule has 2 N–H and O–H groups in total. The fraction of sp³-hybridized carbons (Fsp3) is 0.300. The number of aliphatic hydroxyl groups is 1. The van der Waals surface area contributed by atoms with Gasteiger partial charge in [0.2, 0.25) is 0 Å². The number of hydrogen-bond donors (Lipinski definition) is 2. The molecule has 0 saturated carbocycles. The summed E-state index contributed by atoms with van der Waals surface area (Å²) in [4.78, 5) is 10.6. The Morgan fingerprint density at radius 3 is 2.30 bits per heavy atom. The lowest BCUT2D eigenvalue weighted by atomic mass is 10.1. The van der Waals surface area contributed by atoms with Gasteiger partial charge in [0.25, 0.3) is 0 Å². The molecular formula is C10H7F5O5. The number of rotatable bonds is 5. The molecule has 112 valence electrons. The standard InChI is InChI=1S/C10H7F5O5/c11-9(12)19-6-2-1-4(20-10(13,14)15)3-5(6)7(16)8(17)18/h1-3,7,9,16H,(H,17,18). The molecule has 20 heavy (non-hydrogen) atoms. The fourth-order valence-electron chi connectivity index (χ4n) is 1.27. The molecule has 0 aromatic heterocycles. The lowest BCUT2D eigenvalue weighted by molar-refractivity contribution is -0.274. The third-order valence-electron chi connectivity index (χ3n) is 1.96. The van der Waals surface area contributed by atoms with Gasteiger partial charge in [0.15, 0.2) is 6.10 Å². The first-order valence-corrected chi connectivity index (χ1v) is 4.85. The van der Waals surface area contributed by atoms with Crippen LogP contribution < -0.4 is 9.47 Å². The molecule has 1 atom stereocenters. The monoisotopic (exact) mass is 302 g/mol. The third kappa shape index (κ3) is 4.53. The second-order valence-corrected chi connectivity index (χ2v) is 3.37. The average molecular weight is 302 g/mol. The third-order valence-corrected chi connectivity index (χ3v) is 1.96. The van der Waals surface area contributed by atoms with Crippen molar-refractivity contribution in [1.82, 2.24) is 0 Å². The topological polar surface area (TPSA) is 76.0 Å². The highest BCUT2D eigenvalue weighted by Gasteiger charge is 2.32. The van der Waals surface area contributed by atoms with E-state index in [9.17, 15) is 31.9 Å². The summed E-state index contributed by atoms with van der Waals surface area (Å²) in [5, 5.41) is 17.8. The predicted octanol–water partition coefficient (Wildman–Crippen LogP) is 2.30. The van der Waals surface area contributed by atoms with Crippen LogP contribution in [0.1, 0.15) is 11.7 Å². The van der Waals surface area contributed by atoms with Crippen LogP contribution in [-0.4, -0.2) is 29.2 Å². The van der Waals surface area contributed by atoms with Gasteiger partial charge in [-0.3, -0.25) is 0 Å². The molecule has 0 aliphatic rings. The Hall–Kier alpha value is -2.10. The van der Waals surface area contributed by atoms with Crippen molar-refractivity contribution in [2.24, 2.45) is 0 Å². The molecule has 0 aliphatic heterocycles. The van der Waals surface area contributed by atoms with Crippen molar-refractivity contribution in [3.8, 4) is 11.5 Å². The van der Waals surface area contributed by atoms with Crippen molar-refractivity contribution in [2.75, 3.05) is 0 Å². The maximum Gasteiger partial charge on any atom is 0.573 e. The fourth-order valence-corrected chi connectivity index (χ4v) is 1.27. The molecule has 5 nitrogen and oxygen atoms in total. The molecule has 0 spiro atoms. The first-order valence-electron chi connectivity index (χ1n) is 4.85. The molecule has 0 bridgehead atoms. The lowest BCUT2D eigenvalue weighted by Crippen LogP contribution is -2.18. The largest absolute Gasteiger partial charge is 0.573 e. The second-order valence-electron chi connectivity index (χ2n) is 3.37. The van der Waals surface area contributed by atoms with E-state index in [1.165, 1.54) is 0 Å². The molecule has 1 aromatic rings. The number of ether oxygens (including phenoxy) is 2. The number of carbonyl (C=O) groups is 1. The van der Waals surface area contributed by atoms with Crippen LogP contribution in [0.4, 0.5) is 22.0 Å². The van der Waals surface area contributed by atoms with Crippen LogP contribution in [0, 0.1) is 0 Å². The van der Waals surface area contributed by atoms with E-state index in [1.807, 2.05) is 0 Å². The van der Waals surface area contributed by atoms with Crippen LogP contribution in [0.25, 0.3) is 0 Å². The highest BCUT2D eigenvalue weighted by Crippen LogP contribution is 2.33. The Balaban J connectivity index is 3.17. The highest BCUT2D eigenvalue weighted by atomic mass is 19.4. The van der Waals surface area contributed by atoms with Crippen molar-refractivity contribution < 1.29 is 46.4 Å². The first-order chi connectivity index (χ1) is 9.10. The Bertz CT molecular complexity index is 487. The number of aliphatic hydroxyl groups excluding tert-OH is 1. The number of alkyl halides is 5. The van der Waals surface area contributed by atoms with Gasteiger partial charge in [-0.05, 0) is 18.2 Å². The van der Waals surface area contributed by atoms with Gasteiger partial charge in [-0.25, -0.2) is 4.79 Å². The molecule has 0 fully saturated rings. The van der Waals surface area contributed by atoms with Crippen molar-refractivity contribution in [3.63, 3.8) is 0 Å². The van der Waals surface area contributed by atoms with E-state index in [1.54, 1.807) is 0 Å². The number of carboxylic acids is 1. The SMILES string of the molecule is O=C(O)C(O)c1cc(OC(F)(F)F)ccc1OC(F)F. The zero-order valence-corrected chi connectivity index (χ0v) is 9.40. The molecular weight excluding hydrogens is 295 g/mol. The van der Waals surface area contributed by atoms with Crippen molar-refractivity contribution in [2.45, 2.75) is 19.1 Å². The molecule has 0 aliphatic carbocycles. The van der Waals surface area contributed by atoms with Gasteiger partial charge >= 0.3 is 18.9 Å². The molecule has 0 saturated heterocycles. The molecule has 1 aromatic carbocycles. The zero-order chi connectivity index (χ0) is 15.5. The van der Waals surface area contributed by atoms with Gasteiger partial charge in [-0.1, -0.05) is 0 Å². The minimum Gasteiger partial charge on any atom is -0.479 e. The van der Waals surface area contributed by atoms with Crippen molar-refractivity contribution in [3.05, 3.63) is 23.8 Å². The summed E-state index contributed by atoms with van der Waals surface area (Å²) in [6.07, 6.45) is -7.41. The van der Waals surface area contributed by atoms with E-state index in [4.69, 9.17) is 5.11 Å². The number of hydrogen-bond acceptors (Lipinski definition) is 4. The summed E-state index contributed by atoms with van der Waals surface area (Å²) < 4.78 is 67.5. The van der Waals surface area contributed by atoms with Crippen molar-refractivity contribution >= 4 is 5.97 Å². The van der Waals surface area contributed by atoms with E-state index in [0.717, 1.165) is 0 Å². The van der Waals surface area contributed by atoms with Gasteiger partial charge in [0, 0.05) is 5.56 Å². The second kappa shape index (κ2) is 5.90. The zero-order valence-electron chi connectivity index (χ0n) is 9.40. The lowest BCUT2D eigenvalue weighted by Gasteiger charge is -2.15. The van der Waals surface area contributed by atoms with Crippen LogP contribution in [0.5, 0.6) is 11.5 Å². The van der Waals surface area contributed by atoms with Gasteiger partial charge in [0.05, 0.1) is 0 Å². The summed E-state index contributed by atoms with van der Waals surface area (Å²) in [7, 11) is 0. The summed E-state index contributed by atoms with van der Waals surface area (Å²) in [6.45, 7) is -3.34. The molecule has 0 radical (unpaired) electrons. The minimum atomic E-state index is -5.06. The quantitative estimate of drug-likeness (QED) is 0.816. The van der Waals surface area contributed by atoms with E-state index in [0.29, 0.717) is 18.2 Å². The van der Waals surface area contributed by atoms with E-state index in [2.05, 4.69) is 9.47 Å². The maximum absolute atomic E-state index is 12.1. The molecule has 0 amide bonds. The number of carboxylic acid groups (broad SMARTS) is 1. The molecule has 1 unspecified atom stereocenters. The van der Waals surface area contributed by atoms with E-state index in [-0.39, 0.29) is 0 Å². The van der Waals surface area contributed by atoms with Gasteiger partial charge < -0.3 is 19.7 Å². The Morgan fingerprint density at radius 1 is 1.25 bits per heavy atom. The summed E-state index contributed by atoms with van der Waals surface area (Å²) >= 11 is 0. The summed E-state index contributed by atoms with van der Waals surface area (Å²) in [6, 6.07) is 1.72. The van der Waals surface area contributed by atoms with Crippen LogP contribution in [-0.2, 0) is 4.79 Å². The minimum absolute atomic E-state index is 0.448. The number of aliphatic carboxylic acids is 1. The van der Waals surface area contributed by atoms with E-state index < -0.39 is 42.1 Å². The summed E-state index contributed by atoms with van der Waals surface area (Å²) in [5.74, 6) is -3.51. The first kappa shape index (κ1) is 16.0. The van der Waals surface area contributed by atoms with Crippen molar-refractivity contribution in [1.29, 1.82) is 0 Å². The Morgan fingerprint density at radius 2 is 1.85 bits per heavy atom. The van der Waals surface area contributed by atoms with Crippen LogP contribution in [0.2, 0.25) is 0 Å². The van der Waals surface area contributed by atoms with E-state index >= 15 is 0 Å². The maximum atomic E-state index is 12.1. The van der Waals surface area contributed by atoms with Gasteiger partial charge in [0.1, 0.15) is 11.5 Å². The predicted molar refractivity (Wildman–Crippen MR) is 52.4 cm³/mol. The smallest absolute Gasteiger partial charge is 0.479 e. The Labute approximate surface area is 108 Å². The Kier molecular flexibility index (Phi) is 4.71. The van der Waals surface area contributed by atoms with Crippen LogP contribution in [0.15, 0.2) is 18.2 Å². The average Bonchev–Trinajstić information content (AvgIpc) is 2.27. The number of benzene rings is 1. The summed E-state index contributed by atoms with van der Waals surface area (Å²) in [5.41, 5.74) is -0.792. The van der Waals surface area contributed by atoms with Crippen LogP contribution >= 0.6 is 0 Å². The van der Waals surface area contributed by atoms with Crippen LogP contribution in [0.3, 0.4) is 0 Å². The van der Waals surface area contributed by atoms with Gasteiger partial charge in [-0.2, -0.15) is 8.78 Å². The molecule has 0 heterocycles. The highest BCUT2D eigenvalue weighted by molar-refractivity contribution is 5.75. The number of halogens is 5. The molecule has 10 heteroatoms. The molecule has 1 rings (SSSR count).